The lowest BCUT2D eigenvalue weighted by Crippen LogP contribution is -2.05. The zero-order chi connectivity index (χ0) is 20.1. The normalized spacial score (nSPS) is 10.5. The number of carbonyl (C=O) groups is 1. The number of hydrogen-bond acceptors (Lipinski definition) is 3. The Kier molecular flexibility index (Phi) is 6.45. The highest BCUT2D eigenvalue weighted by Crippen LogP contribution is 2.26. The van der Waals surface area contributed by atoms with Crippen molar-refractivity contribution in [3.8, 4) is 5.75 Å². The van der Waals surface area contributed by atoms with E-state index in [1.165, 1.54) is 11.6 Å². The third-order valence-corrected chi connectivity index (χ3v) is 4.74. The van der Waals surface area contributed by atoms with Crippen LogP contribution in [0.1, 0.15) is 27.0 Å². The first-order valence-electron chi connectivity index (χ1n) is 8.66. The minimum atomic E-state index is -1.07. The van der Waals surface area contributed by atoms with Crippen LogP contribution in [0.4, 0.5) is 5.69 Å². The maximum absolute atomic E-state index is 11.2. The number of aryl methyl sites for hydroxylation is 1. The van der Waals surface area contributed by atoms with Crippen LogP contribution in [0.5, 0.6) is 5.75 Å². The molecule has 0 radical (unpaired) electrons. The number of rotatable bonds is 7. The molecule has 0 aliphatic carbocycles. The van der Waals surface area contributed by atoms with Gasteiger partial charge in [0.2, 0.25) is 0 Å². The van der Waals surface area contributed by atoms with Gasteiger partial charge in [0.05, 0.1) is 10.6 Å². The molecule has 144 valence electrons. The lowest BCUT2D eigenvalue weighted by molar-refractivity contribution is 0.0697. The average Bonchev–Trinajstić information content (AvgIpc) is 2.66. The number of nitrogens with one attached hydrogen (secondary N) is 1. The molecule has 3 aromatic carbocycles. The molecule has 0 saturated heterocycles. The van der Waals surface area contributed by atoms with Crippen LogP contribution in [0.25, 0.3) is 0 Å². The van der Waals surface area contributed by atoms with Crippen molar-refractivity contribution >= 4 is 34.9 Å². The molecule has 0 fully saturated rings. The van der Waals surface area contributed by atoms with E-state index in [9.17, 15) is 9.90 Å². The second kappa shape index (κ2) is 9.00. The highest BCUT2D eigenvalue weighted by Gasteiger charge is 2.10. The van der Waals surface area contributed by atoms with Crippen LogP contribution in [0.3, 0.4) is 0 Å². The highest BCUT2D eigenvalue weighted by molar-refractivity contribution is 6.33. The molecule has 2 N–H and O–H groups in total. The summed E-state index contributed by atoms with van der Waals surface area (Å²) < 4.78 is 5.99. The minimum absolute atomic E-state index is 0.0497. The molecule has 0 bridgehead atoms. The Morgan fingerprint density at radius 3 is 2.64 bits per heavy atom. The van der Waals surface area contributed by atoms with E-state index in [2.05, 4.69) is 11.4 Å². The standard InChI is InChI=1S/C22H19Cl2NO3/c1-14-3-2-4-15(9-14)13-28-21-8-5-17(23)10-16(21)12-25-18-6-7-20(24)19(11-18)22(26)27/h2-11,25H,12-13H2,1H3,(H,26,27). The topological polar surface area (TPSA) is 58.6 Å². The third-order valence-electron chi connectivity index (χ3n) is 4.18. The summed E-state index contributed by atoms with van der Waals surface area (Å²) in [4.78, 5) is 11.2. The highest BCUT2D eigenvalue weighted by atomic mass is 35.5. The zero-order valence-electron chi connectivity index (χ0n) is 15.2. The van der Waals surface area contributed by atoms with Crippen molar-refractivity contribution in [2.24, 2.45) is 0 Å². The number of ether oxygens (including phenoxy) is 1. The molecular weight excluding hydrogens is 397 g/mol. The van der Waals surface area contributed by atoms with Gasteiger partial charge in [-0.15, -0.1) is 0 Å². The van der Waals surface area contributed by atoms with Crippen molar-refractivity contribution in [3.63, 3.8) is 0 Å². The fourth-order valence-corrected chi connectivity index (χ4v) is 3.18. The second-order valence-corrected chi connectivity index (χ2v) is 7.23. The monoisotopic (exact) mass is 415 g/mol. The van der Waals surface area contributed by atoms with E-state index in [0.717, 1.165) is 11.1 Å². The summed E-state index contributed by atoms with van der Waals surface area (Å²) in [5, 5.41) is 13.2. The van der Waals surface area contributed by atoms with Crippen molar-refractivity contribution < 1.29 is 14.6 Å². The molecule has 0 spiro atoms. The smallest absolute Gasteiger partial charge is 0.337 e. The maximum atomic E-state index is 11.2. The van der Waals surface area contributed by atoms with Crippen molar-refractivity contribution in [1.29, 1.82) is 0 Å². The van der Waals surface area contributed by atoms with Gasteiger partial charge in [-0.2, -0.15) is 0 Å². The molecule has 0 heterocycles. The molecule has 0 aliphatic rings. The van der Waals surface area contributed by atoms with E-state index in [1.807, 2.05) is 37.3 Å². The van der Waals surface area contributed by atoms with E-state index in [0.29, 0.717) is 29.6 Å². The van der Waals surface area contributed by atoms with Crippen LogP contribution < -0.4 is 10.1 Å². The van der Waals surface area contributed by atoms with Crippen LogP contribution >= 0.6 is 23.2 Å². The minimum Gasteiger partial charge on any atom is -0.489 e. The van der Waals surface area contributed by atoms with Gasteiger partial charge in [-0.1, -0.05) is 53.0 Å². The van der Waals surface area contributed by atoms with Crippen LogP contribution in [0.15, 0.2) is 60.7 Å². The Bertz CT molecular complexity index is 1000. The third kappa shape index (κ3) is 5.18. The lowest BCUT2D eigenvalue weighted by Gasteiger charge is -2.14. The number of aromatic carboxylic acids is 1. The maximum Gasteiger partial charge on any atom is 0.337 e. The molecule has 0 amide bonds. The van der Waals surface area contributed by atoms with Gasteiger partial charge in [-0.05, 0) is 48.9 Å². The lowest BCUT2D eigenvalue weighted by atomic mass is 10.1. The fourth-order valence-electron chi connectivity index (χ4n) is 2.79. The average molecular weight is 416 g/mol. The van der Waals surface area contributed by atoms with E-state index < -0.39 is 5.97 Å². The van der Waals surface area contributed by atoms with Gasteiger partial charge in [0.1, 0.15) is 12.4 Å². The Morgan fingerprint density at radius 1 is 1.07 bits per heavy atom. The van der Waals surface area contributed by atoms with Crippen molar-refractivity contribution in [2.45, 2.75) is 20.1 Å². The first-order chi connectivity index (χ1) is 13.4. The molecule has 0 aliphatic heterocycles. The van der Waals surface area contributed by atoms with Crippen molar-refractivity contribution in [2.75, 3.05) is 5.32 Å². The van der Waals surface area contributed by atoms with Crippen molar-refractivity contribution in [1.82, 2.24) is 0 Å². The molecule has 4 nitrogen and oxygen atoms in total. The fraction of sp³-hybridized carbons (Fsp3) is 0.136. The molecule has 0 aromatic heterocycles. The van der Waals surface area contributed by atoms with Gasteiger partial charge in [-0.25, -0.2) is 4.79 Å². The predicted molar refractivity (Wildman–Crippen MR) is 113 cm³/mol. The summed E-state index contributed by atoms with van der Waals surface area (Å²) in [6.07, 6.45) is 0. The molecule has 0 saturated carbocycles. The van der Waals surface area contributed by atoms with Gasteiger partial charge >= 0.3 is 5.97 Å². The van der Waals surface area contributed by atoms with Crippen LogP contribution in [-0.4, -0.2) is 11.1 Å². The number of carboxylic acid groups (broad SMARTS) is 1. The number of anilines is 1. The molecule has 0 unspecified atom stereocenters. The Balaban J connectivity index is 1.74. The van der Waals surface area contributed by atoms with Crippen LogP contribution in [0.2, 0.25) is 10.0 Å². The number of carboxylic acids is 1. The second-order valence-electron chi connectivity index (χ2n) is 6.38. The summed E-state index contributed by atoms with van der Waals surface area (Å²) in [6.45, 7) is 2.91. The van der Waals surface area contributed by atoms with Gasteiger partial charge < -0.3 is 15.2 Å². The number of hydrogen-bond donors (Lipinski definition) is 2. The van der Waals surface area contributed by atoms with Crippen LogP contribution in [0, 0.1) is 6.92 Å². The molecular formula is C22H19Cl2NO3. The molecule has 3 rings (SSSR count). The van der Waals surface area contributed by atoms with E-state index >= 15 is 0 Å². The number of benzene rings is 3. The first kappa shape index (κ1) is 20.1. The Morgan fingerprint density at radius 2 is 1.89 bits per heavy atom. The van der Waals surface area contributed by atoms with E-state index in [-0.39, 0.29) is 10.6 Å². The van der Waals surface area contributed by atoms with E-state index in [4.69, 9.17) is 27.9 Å². The molecule has 3 aromatic rings. The van der Waals surface area contributed by atoms with Gasteiger partial charge in [0.15, 0.2) is 0 Å². The summed E-state index contributed by atoms with van der Waals surface area (Å²) in [7, 11) is 0. The summed E-state index contributed by atoms with van der Waals surface area (Å²) >= 11 is 12.1. The molecule has 6 heteroatoms. The van der Waals surface area contributed by atoms with Gasteiger partial charge in [0, 0.05) is 22.8 Å². The number of halogens is 2. The molecule has 0 atom stereocenters. The SMILES string of the molecule is Cc1cccc(COc2ccc(Cl)cc2CNc2ccc(Cl)c(C(=O)O)c2)c1. The largest absolute Gasteiger partial charge is 0.489 e. The van der Waals surface area contributed by atoms with Crippen LogP contribution in [-0.2, 0) is 13.2 Å². The summed E-state index contributed by atoms with van der Waals surface area (Å²) in [5.41, 5.74) is 3.82. The zero-order valence-corrected chi connectivity index (χ0v) is 16.7. The molecule has 28 heavy (non-hydrogen) atoms. The predicted octanol–water partition coefficient (Wildman–Crippen LogP) is 6.19. The van der Waals surface area contributed by atoms with Crippen molar-refractivity contribution in [3.05, 3.63) is 93.0 Å². The first-order valence-corrected chi connectivity index (χ1v) is 9.41. The van der Waals surface area contributed by atoms with E-state index in [1.54, 1.807) is 18.2 Å². The quantitative estimate of drug-likeness (QED) is 0.482. The summed E-state index contributed by atoms with van der Waals surface area (Å²) in [5.74, 6) is -0.357. The van der Waals surface area contributed by atoms with Gasteiger partial charge in [-0.3, -0.25) is 0 Å². The summed E-state index contributed by atoms with van der Waals surface area (Å²) in [6, 6.07) is 18.4. The Labute approximate surface area is 173 Å². The Hall–Kier alpha value is -2.69. The van der Waals surface area contributed by atoms with Gasteiger partial charge in [0.25, 0.3) is 0 Å².